The Bertz CT molecular complexity index is 974. The van der Waals surface area contributed by atoms with Gasteiger partial charge in [-0.25, -0.2) is 0 Å². The molecule has 1 aromatic heterocycles. The lowest BCUT2D eigenvalue weighted by atomic mass is 9.99. The minimum Gasteiger partial charge on any atom is -0.193 e. The first kappa shape index (κ1) is 14.3. The lowest BCUT2D eigenvalue weighted by Gasteiger charge is -2.11. The maximum atomic E-state index is 4.29. The average Bonchev–Trinajstić information content (AvgIpc) is 3.12. The van der Waals surface area contributed by atoms with Crippen molar-refractivity contribution in [2.24, 2.45) is 0 Å². The Hall–Kier alpha value is -3.27. The van der Waals surface area contributed by atoms with Gasteiger partial charge in [0.25, 0.3) is 0 Å². The third-order valence-corrected chi connectivity index (χ3v) is 4.07. The van der Waals surface area contributed by atoms with E-state index in [1.807, 2.05) is 48.5 Å². The highest BCUT2D eigenvalue weighted by Gasteiger charge is 2.16. The van der Waals surface area contributed by atoms with E-state index in [1.54, 1.807) is 4.68 Å². The molecule has 4 heteroatoms. The number of aryl methyl sites for hydroxylation is 1. The SMILES string of the molecule is Cc1ccccc1-n1nnnc1-c1ccccc1-c1ccccc1. The second-order valence-corrected chi connectivity index (χ2v) is 5.61. The van der Waals surface area contributed by atoms with Crippen LogP contribution in [0.5, 0.6) is 0 Å². The molecule has 3 aromatic carbocycles. The highest BCUT2D eigenvalue weighted by Crippen LogP contribution is 2.31. The van der Waals surface area contributed by atoms with Gasteiger partial charge in [-0.3, -0.25) is 0 Å². The van der Waals surface area contributed by atoms with E-state index in [0.717, 1.165) is 33.8 Å². The zero-order chi connectivity index (χ0) is 16.4. The monoisotopic (exact) mass is 312 g/mol. The average molecular weight is 312 g/mol. The smallest absolute Gasteiger partial charge is 0.187 e. The molecule has 0 saturated carbocycles. The molecule has 0 radical (unpaired) electrons. The summed E-state index contributed by atoms with van der Waals surface area (Å²) in [4.78, 5) is 0. The third kappa shape index (κ3) is 2.48. The van der Waals surface area contributed by atoms with Gasteiger partial charge in [-0.15, -0.1) is 5.10 Å². The van der Waals surface area contributed by atoms with Crippen LogP contribution in [0.15, 0.2) is 78.9 Å². The molecule has 0 aliphatic heterocycles. The lowest BCUT2D eigenvalue weighted by molar-refractivity contribution is 0.787. The Kier molecular flexibility index (Phi) is 3.63. The van der Waals surface area contributed by atoms with Crippen molar-refractivity contribution in [2.75, 3.05) is 0 Å². The largest absolute Gasteiger partial charge is 0.193 e. The first-order valence-corrected chi connectivity index (χ1v) is 7.84. The third-order valence-electron chi connectivity index (χ3n) is 4.07. The zero-order valence-electron chi connectivity index (χ0n) is 13.3. The van der Waals surface area contributed by atoms with Crippen molar-refractivity contribution in [3.8, 4) is 28.2 Å². The van der Waals surface area contributed by atoms with Crippen molar-refractivity contribution in [3.05, 3.63) is 84.4 Å². The molecule has 116 valence electrons. The fourth-order valence-electron chi connectivity index (χ4n) is 2.87. The first-order chi connectivity index (χ1) is 11.8. The van der Waals surface area contributed by atoms with E-state index in [-0.39, 0.29) is 0 Å². The van der Waals surface area contributed by atoms with Crippen LogP contribution < -0.4 is 0 Å². The number of nitrogens with zero attached hydrogens (tertiary/aromatic N) is 4. The van der Waals surface area contributed by atoms with Crippen molar-refractivity contribution < 1.29 is 0 Å². The van der Waals surface area contributed by atoms with Crippen molar-refractivity contribution in [2.45, 2.75) is 6.92 Å². The molecule has 0 bridgehead atoms. The zero-order valence-corrected chi connectivity index (χ0v) is 13.3. The number of benzene rings is 3. The molecule has 0 atom stereocenters. The summed E-state index contributed by atoms with van der Waals surface area (Å²) in [5, 5.41) is 12.4. The Balaban J connectivity index is 1.91. The summed E-state index contributed by atoms with van der Waals surface area (Å²) in [6.07, 6.45) is 0. The van der Waals surface area contributed by atoms with Crippen LogP contribution in [0.2, 0.25) is 0 Å². The Labute approximate surface area is 140 Å². The lowest BCUT2D eigenvalue weighted by Crippen LogP contribution is -2.02. The van der Waals surface area contributed by atoms with Crippen LogP contribution in [-0.2, 0) is 0 Å². The van der Waals surface area contributed by atoms with E-state index in [1.165, 1.54) is 0 Å². The number of hydrogen-bond donors (Lipinski definition) is 0. The minimum absolute atomic E-state index is 0.740. The molecule has 0 aliphatic carbocycles. The van der Waals surface area contributed by atoms with Crippen LogP contribution in [0.4, 0.5) is 0 Å². The molecular weight excluding hydrogens is 296 g/mol. The van der Waals surface area contributed by atoms with Gasteiger partial charge in [0.15, 0.2) is 5.82 Å². The molecule has 24 heavy (non-hydrogen) atoms. The predicted molar refractivity (Wildman–Crippen MR) is 94.8 cm³/mol. The highest BCUT2D eigenvalue weighted by atomic mass is 15.5. The summed E-state index contributed by atoms with van der Waals surface area (Å²) < 4.78 is 1.80. The molecule has 0 saturated heterocycles. The molecule has 0 spiro atoms. The van der Waals surface area contributed by atoms with Crippen LogP contribution in [0, 0.1) is 6.92 Å². The molecule has 0 amide bonds. The van der Waals surface area contributed by atoms with Crippen molar-refractivity contribution in [3.63, 3.8) is 0 Å². The highest BCUT2D eigenvalue weighted by molar-refractivity contribution is 5.81. The van der Waals surface area contributed by atoms with Crippen molar-refractivity contribution in [1.29, 1.82) is 0 Å². The second kappa shape index (κ2) is 6.08. The maximum absolute atomic E-state index is 4.29. The normalized spacial score (nSPS) is 10.7. The van der Waals surface area contributed by atoms with E-state index in [9.17, 15) is 0 Å². The van der Waals surface area contributed by atoms with Gasteiger partial charge in [0, 0.05) is 5.56 Å². The summed E-state index contributed by atoms with van der Waals surface area (Å²) in [6.45, 7) is 2.06. The molecule has 1 heterocycles. The minimum atomic E-state index is 0.740. The van der Waals surface area contributed by atoms with Crippen LogP contribution in [-0.4, -0.2) is 20.2 Å². The van der Waals surface area contributed by atoms with Gasteiger partial charge in [0.2, 0.25) is 0 Å². The second-order valence-electron chi connectivity index (χ2n) is 5.61. The van der Waals surface area contributed by atoms with Crippen molar-refractivity contribution >= 4 is 0 Å². The number of hydrogen-bond acceptors (Lipinski definition) is 3. The van der Waals surface area contributed by atoms with E-state index >= 15 is 0 Å². The topological polar surface area (TPSA) is 43.6 Å². The van der Waals surface area contributed by atoms with Gasteiger partial charge in [-0.2, -0.15) is 4.68 Å². The Morgan fingerprint density at radius 3 is 2.17 bits per heavy atom. The van der Waals surface area contributed by atoms with E-state index in [2.05, 4.69) is 52.8 Å². The first-order valence-electron chi connectivity index (χ1n) is 7.84. The molecule has 0 fully saturated rings. The van der Waals surface area contributed by atoms with Crippen LogP contribution in [0.25, 0.3) is 28.2 Å². The molecular formula is C20H16N4. The quantitative estimate of drug-likeness (QED) is 0.566. The summed E-state index contributed by atoms with van der Waals surface area (Å²) >= 11 is 0. The predicted octanol–water partition coefficient (Wildman–Crippen LogP) is 4.30. The van der Waals surface area contributed by atoms with Gasteiger partial charge >= 0.3 is 0 Å². The molecule has 4 aromatic rings. The maximum Gasteiger partial charge on any atom is 0.187 e. The molecule has 0 aliphatic rings. The summed E-state index contributed by atoms with van der Waals surface area (Å²) in [5.74, 6) is 0.740. The van der Waals surface area contributed by atoms with E-state index in [4.69, 9.17) is 0 Å². The van der Waals surface area contributed by atoms with Gasteiger partial charge in [0.05, 0.1) is 5.69 Å². The fourth-order valence-corrected chi connectivity index (χ4v) is 2.87. The van der Waals surface area contributed by atoms with Crippen LogP contribution >= 0.6 is 0 Å². The standard InChI is InChI=1S/C20H16N4/c1-15-9-5-8-14-19(15)24-20(21-22-23-24)18-13-7-6-12-17(18)16-10-3-2-4-11-16/h2-14H,1H3. The van der Waals surface area contributed by atoms with E-state index < -0.39 is 0 Å². The van der Waals surface area contributed by atoms with Crippen LogP contribution in [0.3, 0.4) is 0 Å². The summed E-state index contributed by atoms with van der Waals surface area (Å²) in [5.41, 5.74) is 5.38. The number of para-hydroxylation sites is 1. The van der Waals surface area contributed by atoms with Crippen molar-refractivity contribution in [1.82, 2.24) is 20.2 Å². The number of tetrazole rings is 1. The molecule has 4 rings (SSSR count). The van der Waals surface area contributed by atoms with Gasteiger partial charge in [0.1, 0.15) is 0 Å². The van der Waals surface area contributed by atoms with E-state index in [0.29, 0.717) is 0 Å². The number of rotatable bonds is 3. The van der Waals surface area contributed by atoms with Crippen LogP contribution in [0.1, 0.15) is 5.56 Å². The molecule has 4 nitrogen and oxygen atoms in total. The summed E-state index contributed by atoms with van der Waals surface area (Å²) in [6, 6.07) is 26.6. The number of aromatic nitrogens is 4. The Morgan fingerprint density at radius 2 is 1.38 bits per heavy atom. The van der Waals surface area contributed by atoms with Gasteiger partial charge in [-0.1, -0.05) is 72.8 Å². The molecule has 0 N–H and O–H groups in total. The van der Waals surface area contributed by atoms with Gasteiger partial charge in [-0.05, 0) is 40.1 Å². The molecule has 0 unspecified atom stereocenters. The Morgan fingerprint density at radius 1 is 0.708 bits per heavy atom. The summed E-state index contributed by atoms with van der Waals surface area (Å²) in [7, 11) is 0. The van der Waals surface area contributed by atoms with Gasteiger partial charge < -0.3 is 0 Å². The fraction of sp³-hybridized carbons (Fsp3) is 0.0500.